The van der Waals surface area contributed by atoms with Gasteiger partial charge in [0.1, 0.15) is 0 Å². The molecule has 0 bridgehead atoms. The van der Waals surface area contributed by atoms with Crippen LogP contribution in [0.5, 0.6) is 0 Å². The van der Waals surface area contributed by atoms with Crippen LogP contribution in [0.2, 0.25) is 0 Å². The summed E-state index contributed by atoms with van der Waals surface area (Å²) in [6, 6.07) is 0. The summed E-state index contributed by atoms with van der Waals surface area (Å²) >= 11 is 1.48. The summed E-state index contributed by atoms with van der Waals surface area (Å²) in [5, 5.41) is 5.15. The molecule has 1 aromatic rings. The second-order valence-corrected chi connectivity index (χ2v) is 6.61. The third kappa shape index (κ3) is 2.96. The van der Waals surface area contributed by atoms with Crippen molar-refractivity contribution in [2.45, 2.75) is 20.4 Å². The molecule has 1 amide bonds. The molecule has 0 atom stereocenters. The molecule has 1 aromatic heterocycles. The van der Waals surface area contributed by atoms with E-state index >= 15 is 0 Å². The highest BCUT2D eigenvalue weighted by molar-refractivity contribution is 8.18. The van der Waals surface area contributed by atoms with E-state index in [0.29, 0.717) is 4.91 Å². The van der Waals surface area contributed by atoms with Crippen molar-refractivity contribution in [3.05, 3.63) is 22.4 Å². The lowest BCUT2D eigenvalue weighted by Gasteiger charge is -2.32. The van der Waals surface area contributed by atoms with E-state index in [4.69, 9.17) is 0 Å². The summed E-state index contributed by atoms with van der Waals surface area (Å²) in [6.45, 7) is 8.78. The molecule has 7 heteroatoms. The zero-order valence-corrected chi connectivity index (χ0v) is 14.1. The molecule has 118 valence electrons. The quantitative estimate of drug-likeness (QED) is 0.772. The van der Waals surface area contributed by atoms with Crippen molar-refractivity contribution in [3.8, 4) is 0 Å². The zero-order valence-electron chi connectivity index (χ0n) is 13.2. The van der Waals surface area contributed by atoms with Gasteiger partial charge in [0.25, 0.3) is 5.91 Å². The van der Waals surface area contributed by atoms with Crippen molar-refractivity contribution in [2.24, 2.45) is 4.99 Å². The van der Waals surface area contributed by atoms with E-state index in [9.17, 15) is 4.79 Å². The minimum atomic E-state index is -0.137. The molecule has 0 aliphatic carbocycles. The van der Waals surface area contributed by atoms with Crippen LogP contribution in [0.3, 0.4) is 0 Å². The van der Waals surface area contributed by atoms with Gasteiger partial charge in [0, 0.05) is 44.0 Å². The van der Waals surface area contributed by atoms with Crippen LogP contribution in [0.25, 0.3) is 6.08 Å². The Labute approximate surface area is 134 Å². The largest absolute Gasteiger partial charge is 0.348 e. The van der Waals surface area contributed by atoms with Crippen LogP contribution in [0.4, 0.5) is 0 Å². The lowest BCUT2D eigenvalue weighted by Crippen LogP contribution is -2.46. The van der Waals surface area contributed by atoms with Crippen LogP contribution in [0, 0.1) is 6.92 Å². The highest BCUT2D eigenvalue weighted by Crippen LogP contribution is 2.31. The molecular weight excluding hydrogens is 298 g/mol. The van der Waals surface area contributed by atoms with Gasteiger partial charge in [-0.1, -0.05) is 0 Å². The third-order valence-corrected chi connectivity index (χ3v) is 5.15. The summed E-state index contributed by atoms with van der Waals surface area (Å²) in [6.07, 6.45) is 3.72. The van der Waals surface area contributed by atoms with Crippen LogP contribution in [0.1, 0.15) is 18.2 Å². The van der Waals surface area contributed by atoms with E-state index in [-0.39, 0.29) is 5.91 Å². The normalized spacial score (nSPS) is 21.8. The first-order valence-electron chi connectivity index (χ1n) is 7.57. The van der Waals surface area contributed by atoms with Gasteiger partial charge in [-0.15, -0.1) is 0 Å². The van der Waals surface area contributed by atoms with Crippen LogP contribution < -0.4 is 0 Å². The number of hydrogen-bond acceptors (Lipinski definition) is 5. The highest BCUT2D eigenvalue weighted by Gasteiger charge is 2.28. The van der Waals surface area contributed by atoms with Crippen molar-refractivity contribution < 1.29 is 4.79 Å². The van der Waals surface area contributed by atoms with Gasteiger partial charge < -0.3 is 9.80 Å². The molecule has 0 saturated carbocycles. The van der Waals surface area contributed by atoms with E-state index in [2.05, 4.69) is 33.9 Å². The number of piperazine rings is 1. The summed E-state index contributed by atoms with van der Waals surface area (Å²) in [5.74, 6) is -0.137. The fraction of sp³-hybridized carbons (Fsp3) is 0.533. The molecule has 0 radical (unpaired) electrons. The molecule has 22 heavy (non-hydrogen) atoms. The van der Waals surface area contributed by atoms with Crippen molar-refractivity contribution in [1.29, 1.82) is 0 Å². The standard InChI is InChI=1S/C15H21N5OS/c1-4-20-11(2)12(10-16-20)9-13-14(21)17-15(22-13)19-7-5-18(3)6-8-19/h9-10H,4-8H2,1-3H3/b13-9-. The molecule has 0 aromatic carbocycles. The fourth-order valence-corrected chi connectivity index (χ4v) is 3.55. The Kier molecular flexibility index (Phi) is 4.35. The van der Waals surface area contributed by atoms with E-state index in [1.807, 2.05) is 23.9 Å². The maximum atomic E-state index is 12.1. The van der Waals surface area contributed by atoms with Crippen molar-refractivity contribution in [3.63, 3.8) is 0 Å². The van der Waals surface area contributed by atoms with Crippen LogP contribution in [-0.4, -0.2) is 63.9 Å². The number of amides is 1. The molecule has 0 unspecified atom stereocenters. The summed E-state index contributed by atoms with van der Waals surface area (Å²) in [4.78, 5) is 21.5. The summed E-state index contributed by atoms with van der Waals surface area (Å²) in [7, 11) is 2.12. The van der Waals surface area contributed by atoms with Crippen LogP contribution in [0.15, 0.2) is 16.1 Å². The number of rotatable bonds is 2. The Hall–Kier alpha value is -1.60. The van der Waals surface area contributed by atoms with Gasteiger partial charge in [0.05, 0.1) is 11.1 Å². The second kappa shape index (κ2) is 6.26. The number of carbonyl (C=O) groups excluding carboxylic acids is 1. The molecule has 3 heterocycles. The first kappa shape index (κ1) is 15.3. The molecule has 3 rings (SSSR count). The minimum absolute atomic E-state index is 0.137. The van der Waals surface area contributed by atoms with Gasteiger partial charge in [-0.25, -0.2) is 0 Å². The van der Waals surface area contributed by atoms with Crippen LogP contribution >= 0.6 is 11.8 Å². The predicted molar refractivity (Wildman–Crippen MR) is 89.7 cm³/mol. The van der Waals surface area contributed by atoms with Gasteiger partial charge >= 0.3 is 0 Å². The van der Waals surface area contributed by atoms with Crippen molar-refractivity contribution in [1.82, 2.24) is 19.6 Å². The molecule has 6 nitrogen and oxygen atoms in total. The van der Waals surface area contributed by atoms with E-state index < -0.39 is 0 Å². The number of aromatic nitrogens is 2. The van der Waals surface area contributed by atoms with Gasteiger partial charge in [-0.3, -0.25) is 9.48 Å². The number of amidine groups is 1. The average Bonchev–Trinajstić information content (AvgIpc) is 3.04. The average molecular weight is 319 g/mol. The molecule has 2 aliphatic heterocycles. The van der Waals surface area contributed by atoms with Crippen molar-refractivity contribution in [2.75, 3.05) is 33.2 Å². The molecular formula is C15H21N5OS. The van der Waals surface area contributed by atoms with Crippen molar-refractivity contribution >= 4 is 28.9 Å². The maximum Gasteiger partial charge on any atom is 0.286 e. The number of carbonyl (C=O) groups is 1. The van der Waals surface area contributed by atoms with Gasteiger partial charge in [0.15, 0.2) is 5.17 Å². The zero-order chi connectivity index (χ0) is 15.7. The first-order chi connectivity index (χ1) is 10.6. The number of hydrogen-bond donors (Lipinski definition) is 0. The Bertz CT molecular complexity index is 640. The Morgan fingerprint density at radius 1 is 1.32 bits per heavy atom. The highest BCUT2D eigenvalue weighted by atomic mass is 32.2. The van der Waals surface area contributed by atoms with E-state index in [0.717, 1.165) is 49.1 Å². The lowest BCUT2D eigenvalue weighted by atomic mass is 10.2. The molecule has 1 fully saturated rings. The summed E-state index contributed by atoms with van der Waals surface area (Å²) < 4.78 is 1.93. The monoisotopic (exact) mass is 319 g/mol. The molecule has 1 saturated heterocycles. The number of thioether (sulfide) groups is 1. The number of nitrogens with zero attached hydrogens (tertiary/aromatic N) is 5. The lowest BCUT2D eigenvalue weighted by molar-refractivity contribution is -0.113. The Balaban J connectivity index is 1.74. The summed E-state index contributed by atoms with van der Waals surface area (Å²) in [5.41, 5.74) is 2.07. The predicted octanol–water partition coefficient (Wildman–Crippen LogP) is 1.43. The minimum Gasteiger partial charge on any atom is -0.348 e. The van der Waals surface area contributed by atoms with E-state index in [1.165, 1.54) is 11.8 Å². The van der Waals surface area contributed by atoms with Crippen LogP contribution in [-0.2, 0) is 11.3 Å². The number of aliphatic imine (C=N–C) groups is 1. The Morgan fingerprint density at radius 2 is 2.05 bits per heavy atom. The topological polar surface area (TPSA) is 53.7 Å². The first-order valence-corrected chi connectivity index (χ1v) is 8.38. The number of aryl methyl sites for hydroxylation is 1. The van der Waals surface area contributed by atoms with Gasteiger partial charge in [-0.2, -0.15) is 10.1 Å². The van der Waals surface area contributed by atoms with E-state index in [1.54, 1.807) is 0 Å². The third-order valence-electron chi connectivity index (χ3n) is 4.11. The van der Waals surface area contributed by atoms with Gasteiger partial charge in [0.2, 0.25) is 0 Å². The maximum absolute atomic E-state index is 12.1. The number of likely N-dealkylation sites (N-methyl/N-ethyl adjacent to an activating group) is 1. The fourth-order valence-electron chi connectivity index (χ4n) is 2.59. The van der Waals surface area contributed by atoms with Gasteiger partial charge in [-0.05, 0) is 38.7 Å². The molecule has 0 spiro atoms. The molecule has 2 aliphatic rings. The Morgan fingerprint density at radius 3 is 2.68 bits per heavy atom. The SMILES string of the molecule is CCn1ncc(/C=C2\SC(N3CCN(C)CC3)=NC2=O)c1C. The second-order valence-electron chi connectivity index (χ2n) is 5.60. The molecule has 0 N–H and O–H groups in total. The smallest absolute Gasteiger partial charge is 0.286 e.